The van der Waals surface area contributed by atoms with Crippen molar-refractivity contribution < 1.29 is 14.1 Å². The highest BCUT2D eigenvalue weighted by molar-refractivity contribution is 5.83. The minimum atomic E-state index is -0.143. The lowest BCUT2D eigenvalue weighted by Crippen LogP contribution is -2.55. The molecular weight excluding hydrogens is 320 g/mol. The van der Waals surface area contributed by atoms with E-state index < -0.39 is 0 Å². The van der Waals surface area contributed by atoms with Crippen molar-refractivity contribution in [3.8, 4) is 0 Å². The predicted molar refractivity (Wildman–Crippen MR) is 90.8 cm³/mol. The van der Waals surface area contributed by atoms with Gasteiger partial charge >= 0.3 is 0 Å². The maximum atomic E-state index is 13.3. The van der Waals surface area contributed by atoms with Crippen molar-refractivity contribution in [1.82, 2.24) is 19.9 Å². The topological polar surface area (TPSA) is 71.7 Å². The van der Waals surface area contributed by atoms with Crippen LogP contribution in [0.25, 0.3) is 0 Å². The predicted octanol–water partition coefficient (Wildman–Crippen LogP) is 1.79. The quantitative estimate of drug-likeness (QED) is 0.826. The Labute approximate surface area is 148 Å². The molecule has 1 atom stereocenters. The van der Waals surface area contributed by atoms with Crippen LogP contribution in [0.15, 0.2) is 4.52 Å². The Hall–Kier alpha value is -1.47. The Bertz CT molecular complexity index is 614. The molecule has 0 aromatic carbocycles. The lowest BCUT2D eigenvalue weighted by molar-refractivity contribution is -0.152. The number of carbonyl (C=O) groups is 1. The maximum absolute atomic E-state index is 13.3. The molecule has 1 aliphatic carbocycles. The molecule has 4 rings (SSSR count). The normalized spacial score (nSPS) is 25.8. The molecule has 3 heterocycles. The molecule has 1 unspecified atom stereocenters. The number of ether oxygens (including phenoxy) is 1. The van der Waals surface area contributed by atoms with E-state index in [-0.39, 0.29) is 11.5 Å². The summed E-state index contributed by atoms with van der Waals surface area (Å²) in [6.07, 6.45) is 4.21. The standard InChI is InChI=1S/C18H28N4O3/c1-13(16-19-14(2)20-25-16)21-7-9-22(10-8-21)17(23)18(15-3-4-15)5-11-24-12-6-18/h13,15H,3-12H2,1-2H3. The van der Waals surface area contributed by atoms with Crippen LogP contribution in [0.1, 0.15) is 50.4 Å². The van der Waals surface area contributed by atoms with E-state index in [1.165, 1.54) is 12.8 Å². The first kappa shape index (κ1) is 17.0. The van der Waals surface area contributed by atoms with Gasteiger partial charge in [0.2, 0.25) is 11.8 Å². The van der Waals surface area contributed by atoms with Crippen molar-refractivity contribution >= 4 is 5.91 Å². The number of aryl methyl sites for hydroxylation is 1. The Balaban J connectivity index is 1.38. The molecule has 3 fully saturated rings. The SMILES string of the molecule is Cc1noc(C(C)N2CCN(C(=O)C3(C4CC4)CCOCC3)CC2)n1. The van der Waals surface area contributed by atoms with E-state index in [0.29, 0.717) is 23.5 Å². The van der Waals surface area contributed by atoms with Gasteiger partial charge in [0, 0.05) is 39.4 Å². The molecule has 1 amide bonds. The van der Waals surface area contributed by atoms with E-state index in [9.17, 15) is 4.79 Å². The first-order chi connectivity index (χ1) is 12.1. The van der Waals surface area contributed by atoms with Gasteiger partial charge in [-0.1, -0.05) is 5.16 Å². The van der Waals surface area contributed by atoms with Crippen molar-refractivity contribution in [2.24, 2.45) is 11.3 Å². The summed E-state index contributed by atoms with van der Waals surface area (Å²) in [7, 11) is 0. The molecule has 138 valence electrons. The number of carbonyl (C=O) groups excluding carboxylic acids is 1. The van der Waals surface area contributed by atoms with Gasteiger partial charge in [-0.15, -0.1) is 0 Å². The molecular formula is C18H28N4O3. The van der Waals surface area contributed by atoms with E-state index in [0.717, 1.165) is 52.2 Å². The van der Waals surface area contributed by atoms with Gasteiger partial charge in [-0.25, -0.2) is 0 Å². The van der Waals surface area contributed by atoms with Gasteiger partial charge < -0.3 is 14.2 Å². The van der Waals surface area contributed by atoms with E-state index in [1.807, 2.05) is 6.92 Å². The van der Waals surface area contributed by atoms with Crippen molar-refractivity contribution in [3.63, 3.8) is 0 Å². The zero-order chi connectivity index (χ0) is 17.4. The van der Waals surface area contributed by atoms with Crippen LogP contribution in [-0.4, -0.2) is 65.2 Å². The summed E-state index contributed by atoms with van der Waals surface area (Å²) in [6, 6.07) is 0.0962. The second-order valence-corrected chi connectivity index (χ2v) is 7.73. The van der Waals surface area contributed by atoms with Gasteiger partial charge in [0.05, 0.1) is 11.5 Å². The van der Waals surface area contributed by atoms with Crippen LogP contribution in [0, 0.1) is 18.3 Å². The summed E-state index contributed by atoms with van der Waals surface area (Å²) in [5, 5.41) is 3.88. The highest BCUT2D eigenvalue weighted by atomic mass is 16.5. The lowest BCUT2D eigenvalue weighted by Gasteiger charge is -2.43. The number of rotatable bonds is 4. The summed E-state index contributed by atoms with van der Waals surface area (Å²) in [5.41, 5.74) is -0.143. The molecule has 1 aromatic rings. The molecule has 1 saturated carbocycles. The molecule has 2 aliphatic heterocycles. The second kappa shape index (κ2) is 6.68. The van der Waals surface area contributed by atoms with Crippen molar-refractivity contribution in [2.45, 2.75) is 45.6 Å². The van der Waals surface area contributed by atoms with E-state index >= 15 is 0 Å². The van der Waals surface area contributed by atoms with E-state index in [4.69, 9.17) is 9.26 Å². The summed E-state index contributed by atoms with van der Waals surface area (Å²) in [4.78, 5) is 22.1. The smallest absolute Gasteiger partial charge is 0.243 e. The van der Waals surface area contributed by atoms with Gasteiger partial charge in [-0.05, 0) is 45.4 Å². The minimum absolute atomic E-state index is 0.0962. The Kier molecular flexibility index (Phi) is 4.54. The number of aromatic nitrogens is 2. The number of piperazine rings is 1. The lowest BCUT2D eigenvalue weighted by atomic mass is 9.74. The van der Waals surface area contributed by atoms with Crippen molar-refractivity contribution in [3.05, 3.63) is 11.7 Å². The van der Waals surface area contributed by atoms with E-state index in [1.54, 1.807) is 0 Å². The fourth-order valence-corrected chi connectivity index (χ4v) is 4.43. The van der Waals surface area contributed by atoms with Gasteiger partial charge in [-0.3, -0.25) is 9.69 Å². The van der Waals surface area contributed by atoms with Gasteiger partial charge in [-0.2, -0.15) is 4.98 Å². The van der Waals surface area contributed by atoms with Crippen LogP contribution in [0.3, 0.4) is 0 Å². The van der Waals surface area contributed by atoms with Gasteiger partial charge in [0.1, 0.15) is 0 Å². The fraction of sp³-hybridized carbons (Fsp3) is 0.833. The first-order valence-corrected chi connectivity index (χ1v) is 9.51. The third-order valence-corrected chi connectivity index (χ3v) is 6.22. The second-order valence-electron chi connectivity index (χ2n) is 7.73. The highest BCUT2D eigenvalue weighted by Crippen LogP contribution is 2.52. The molecule has 3 aliphatic rings. The Morgan fingerprint density at radius 2 is 1.88 bits per heavy atom. The van der Waals surface area contributed by atoms with Crippen LogP contribution in [0.4, 0.5) is 0 Å². The van der Waals surface area contributed by atoms with Crippen molar-refractivity contribution in [1.29, 1.82) is 0 Å². The van der Waals surface area contributed by atoms with Crippen LogP contribution in [0.2, 0.25) is 0 Å². The molecule has 0 radical (unpaired) electrons. The first-order valence-electron chi connectivity index (χ1n) is 9.51. The van der Waals surface area contributed by atoms with E-state index in [2.05, 4.69) is 26.9 Å². The van der Waals surface area contributed by atoms with Crippen molar-refractivity contribution in [2.75, 3.05) is 39.4 Å². The summed E-state index contributed by atoms with van der Waals surface area (Å²) in [6.45, 7) is 8.66. The zero-order valence-electron chi connectivity index (χ0n) is 15.2. The summed E-state index contributed by atoms with van der Waals surface area (Å²) in [5.74, 6) is 2.29. The van der Waals surface area contributed by atoms with Gasteiger partial charge in [0.15, 0.2) is 5.82 Å². The average molecular weight is 348 g/mol. The van der Waals surface area contributed by atoms with Gasteiger partial charge in [0.25, 0.3) is 0 Å². The zero-order valence-corrected chi connectivity index (χ0v) is 15.2. The molecule has 7 nitrogen and oxygen atoms in total. The Morgan fingerprint density at radius 1 is 1.20 bits per heavy atom. The molecule has 0 bridgehead atoms. The van der Waals surface area contributed by atoms with Crippen LogP contribution >= 0.6 is 0 Å². The largest absolute Gasteiger partial charge is 0.381 e. The number of amides is 1. The number of hydrogen-bond donors (Lipinski definition) is 0. The maximum Gasteiger partial charge on any atom is 0.243 e. The monoisotopic (exact) mass is 348 g/mol. The molecule has 25 heavy (non-hydrogen) atoms. The molecule has 7 heteroatoms. The average Bonchev–Trinajstić information content (AvgIpc) is 3.43. The molecule has 0 spiro atoms. The minimum Gasteiger partial charge on any atom is -0.381 e. The van der Waals surface area contributed by atoms with Crippen LogP contribution < -0.4 is 0 Å². The highest BCUT2D eigenvalue weighted by Gasteiger charge is 2.52. The third kappa shape index (κ3) is 3.19. The molecule has 2 saturated heterocycles. The number of nitrogens with zero attached hydrogens (tertiary/aromatic N) is 4. The third-order valence-electron chi connectivity index (χ3n) is 6.22. The van der Waals surface area contributed by atoms with Crippen LogP contribution in [-0.2, 0) is 9.53 Å². The summed E-state index contributed by atoms with van der Waals surface area (Å²) >= 11 is 0. The Morgan fingerprint density at radius 3 is 2.44 bits per heavy atom. The van der Waals surface area contributed by atoms with Crippen LogP contribution in [0.5, 0.6) is 0 Å². The summed E-state index contributed by atoms with van der Waals surface area (Å²) < 4.78 is 10.8. The fourth-order valence-electron chi connectivity index (χ4n) is 4.43. The number of hydrogen-bond acceptors (Lipinski definition) is 6. The molecule has 1 aromatic heterocycles. The molecule has 0 N–H and O–H groups in total.